The highest BCUT2D eigenvalue weighted by molar-refractivity contribution is 5.04. The molecular formula is C12H21N5. The lowest BCUT2D eigenvalue weighted by molar-refractivity contribution is 0.272. The highest BCUT2D eigenvalue weighted by Crippen LogP contribution is 2.08. The van der Waals surface area contributed by atoms with Crippen LogP contribution in [0.3, 0.4) is 0 Å². The van der Waals surface area contributed by atoms with Crippen LogP contribution in [-0.2, 0) is 13.1 Å². The van der Waals surface area contributed by atoms with Gasteiger partial charge in [0.05, 0.1) is 12.2 Å². The summed E-state index contributed by atoms with van der Waals surface area (Å²) in [6, 6.07) is 0. The van der Waals surface area contributed by atoms with Crippen LogP contribution in [0.25, 0.3) is 0 Å². The topological polar surface area (TPSA) is 46.0 Å². The third-order valence-electron chi connectivity index (χ3n) is 3.00. The zero-order chi connectivity index (χ0) is 12.1. The second kappa shape index (κ2) is 5.93. The number of hydrogen-bond acceptors (Lipinski definition) is 4. The highest BCUT2D eigenvalue weighted by Gasteiger charge is 2.09. The Morgan fingerprint density at radius 2 is 2.29 bits per heavy atom. The average Bonchev–Trinajstić information content (AvgIpc) is 2.75. The summed E-state index contributed by atoms with van der Waals surface area (Å²) in [6.45, 7) is 7.21. The van der Waals surface area contributed by atoms with Crippen LogP contribution in [-0.4, -0.2) is 46.6 Å². The van der Waals surface area contributed by atoms with Crippen LogP contribution < -0.4 is 5.32 Å². The smallest absolute Gasteiger partial charge is 0.0964 e. The zero-order valence-electron chi connectivity index (χ0n) is 10.7. The van der Waals surface area contributed by atoms with Crippen LogP contribution >= 0.6 is 0 Å². The van der Waals surface area contributed by atoms with Gasteiger partial charge in [-0.15, -0.1) is 5.10 Å². The van der Waals surface area contributed by atoms with E-state index in [1.165, 1.54) is 12.0 Å². The van der Waals surface area contributed by atoms with Gasteiger partial charge in [-0.1, -0.05) is 16.9 Å². The fourth-order valence-corrected chi connectivity index (χ4v) is 2.13. The first kappa shape index (κ1) is 12.3. The number of nitrogens with zero attached hydrogens (tertiary/aromatic N) is 4. The van der Waals surface area contributed by atoms with E-state index in [2.05, 4.69) is 33.5 Å². The SMILES string of the molecule is CNCc1cn(CCN2CCC=C(C)C2)nn1. The minimum atomic E-state index is 0.783. The lowest BCUT2D eigenvalue weighted by Crippen LogP contribution is -2.32. The lowest BCUT2D eigenvalue weighted by Gasteiger charge is -2.25. The summed E-state index contributed by atoms with van der Waals surface area (Å²) in [5.74, 6) is 0. The maximum atomic E-state index is 4.12. The van der Waals surface area contributed by atoms with Gasteiger partial charge in [0.1, 0.15) is 0 Å². The minimum absolute atomic E-state index is 0.783. The van der Waals surface area contributed by atoms with Crippen LogP contribution in [0.2, 0.25) is 0 Å². The molecule has 0 amide bonds. The van der Waals surface area contributed by atoms with Gasteiger partial charge >= 0.3 is 0 Å². The quantitative estimate of drug-likeness (QED) is 0.761. The molecule has 1 aliphatic heterocycles. The Labute approximate surface area is 102 Å². The van der Waals surface area contributed by atoms with Crippen molar-refractivity contribution in [3.05, 3.63) is 23.5 Å². The summed E-state index contributed by atoms with van der Waals surface area (Å²) in [7, 11) is 1.92. The molecule has 1 aliphatic rings. The molecular weight excluding hydrogens is 214 g/mol. The molecule has 17 heavy (non-hydrogen) atoms. The van der Waals surface area contributed by atoms with Crippen molar-refractivity contribution in [2.24, 2.45) is 0 Å². The van der Waals surface area contributed by atoms with Crippen molar-refractivity contribution in [1.82, 2.24) is 25.2 Å². The Morgan fingerprint density at radius 3 is 3.06 bits per heavy atom. The molecule has 94 valence electrons. The first-order chi connectivity index (χ1) is 8.28. The summed E-state index contributed by atoms with van der Waals surface area (Å²) < 4.78 is 1.93. The van der Waals surface area contributed by atoms with Crippen molar-refractivity contribution in [2.75, 3.05) is 26.7 Å². The molecule has 0 saturated carbocycles. The molecule has 0 unspecified atom stereocenters. The number of hydrogen-bond donors (Lipinski definition) is 1. The van der Waals surface area contributed by atoms with Gasteiger partial charge in [0, 0.05) is 32.4 Å². The number of rotatable bonds is 5. The summed E-state index contributed by atoms with van der Waals surface area (Å²) in [6.07, 6.45) is 5.52. The summed E-state index contributed by atoms with van der Waals surface area (Å²) in [4.78, 5) is 2.47. The lowest BCUT2D eigenvalue weighted by atomic mass is 10.1. The van der Waals surface area contributed by atoms with Crippen LogP contribution in [0.15, 0.2) is 17.8 Å². The molecule has 1 aromatic rings. The van der Waals surface area contributed by atoms with E-state index in [4.69, 9.17) is 0 Å². The molecule has 0 aromatic carbocycles. The normalized spacial score (nSPS) is 17.2. The van der Waals surface area contributed by atoms with Crippen molar-refractivity contribution < 1.29 is 0 Å². The fraction of sp³-hybridized carbons (Fsp3) is 0.667. The second-order valence-electron chi connectivity index (χ2n) is 4.62. The first-order valence-electron chi connectivity index (χ1n) is 6.19. The Bertz CT molecular complexity index is 382. The molecule has 5 heteroatoms. The molecule has 5 nitrogen and oxygen atoms in total. The monoisotopic (exact) mass is 235 g/mol. The third-order valence-corrected chi connectivity index (χ3v) is 3.00. The summed E-state index contributed by atoms with van der Waals surface area (Å²) in [5.41, 5.74) is 2.48. The molecule has 0 aliphatic carbocycles. The van der Waals surface area contributed by atoms with Crippen molar-refractivity contribution in [2.45, 2.75) is 26.4 Å². The number of aromatic nitrogens is 3. The standard InChI is InChI=1S/C12H21N5/c1-11-4-3-5-16(9-11)6-7-17-10-12(8-13-2)14-15-17/h4,10,13H,3,5-9H2,1-2H3. The molecule has 0 atom stereocenters. The predicted octanol–water partition coefficient (Wildman–Crippen LogP) is 0.649. The van der Waals surface area contributed by atoms with E-state index in [1.807, 2.05) is 17.9 Å². The van der Waals surface area contributed by atoms with E-state index in [0.29, 0.717) is 0 Å². The Morgan fingerprint density at radius 1 is 1.41 bits per heavy atom. The molecule has 1 aromatic heterocycles. The summed E-state index contributed by atoms with van der Waals surface area (Å²) in [5, 5.41) is 11.3. The van der Waals surface area contributed by atoms with E-state index in [1.54, 1.807) is 0 Å². The molecule has 0 saturated heterocycles. The Kier molecular flexibility index (Phi) is 4.28. The van der Waals surface area contributed by atoms with Crippen LogP contribution in [0.4, 0.5) is 0 Å². The van der Waals surface area contributed by atoms with E-state index >= 15 is 0 Å². The van der Waals surface area contributed by atoms with Crippen molar-refractivity contribution in [3.8, 4) is 0 Å². The van der Waals surface area contributed by atoms with Crippen LogP contribution in [0.5, 0.6) is 0 Å². The molecule has 1 N–H and O–H groups in total. The highest BCUT2D eigenvalue weighted by atomic mass is 15.4. The predicted molar refractivity (Wildman–Crippen MR) is 67.6 cm³/mol. The van der Waals surface area contributed by atoms with Gasteiger partial charge in [-0.05, 0) is 20.4 Å². The van der Waals surface area contributed by atoms with E-state index < -0.39 is 0 Å². The van der Waals surface area contributed by atoms with Gasteiger partial charge < -0.3 is 5.32 Å². The van der Waals surface area contributed by atoms with Gasteiger partial charge in [0.15, 0.2) is 0 Å². The molecule has 0 radical (unpaired) electrons. The molecule has 0 bridgehead atoms. The van der Waals surface area contributed by atoms with Crippen LogP contribution in [0, 0.1) is 0 Å². The summed E-state index contributed by atoms with van der Waals surface area (Å²) >= 11 is 0. The largest absolute Gasteiger partial charge is 0.314 e. The fourth-order valence-electron chi connectivity index (χ4n) is 2.13. The second-order valence-corrected chi connectivity index (χ2v) is 4.62. The van der Waals surface area contributed by atoms with Crippen LogP contribution in [0.1, 0.15) is 19.0 Å². The zero-order valence-corrected chi connectivity index (χ0v) is 10.7. The van der Waals surface area contributed by atoms with Gasteiger partial charge in [0.2, 0.25) is 0 Å². The van der Waals surface area contributed by atoms with E-state index in [-0.39, 0.29) is 0 Å². The Hall–Kier alpha value is -1.20. The van der Waals surface area contributed by atoms with Crippen molar-refractivity contribution in [3.63, 3.8) is 0 Å². The van der Waals surface area contributed by atoms with Gasteiger partial charge in [-0.2, -0.15) is 0 Å². The molecule has 2 rings (SSSR count). The minimum Gasteiger partial charge on any atom is -0.314 e. The number of nitrogens with one attached hydrogen (secondary N) is 1. The van der Waals surface area contributed by atoms with Gasteiger partial charge in [-0.25, -0.2) is 0 Å². The maximum Gasteiger partial charge on any atom is 0.0964 e. The van der Waals surface area contributed by atoms with E-state index in [0.717, 1.165) is 38.4 Å². The first-order valence-corrected chi connectivity index (χ1v) is 6.19. The molecule has 0 fully saturated rings. The maximum absolute atomic E-state index is 4.12. The van der Waals surface area contributed by atoms with Gasteiger partial charge in [-0.3, -0.25) is 9.58 Å². The van der Waals surface area contributed by atoms with Gasteiger partial charge in [0.25, 0.3) is 0 Å². The Balaban J connectivity index is 1.79. The molecule has 2 heterocycles. The third kappa shape index (κ3) is 3.64. The average molecular weight is 235 g/mol. The van der Waals surface area contributed by atoms with E-state index in [9.17, 15) is 0 Å². The van der Waals surface area contributed by atoms with Crippen molar-refractivity contribution >= 4 is 0 Å². The molecule has 0 spiro atoms. The van der Waals surface area contributed by atoms with Crippen molar-refractivity contribution in [1.29, 1.82) is 0 Å².